The fourth-order valence-corrected chi connectivity index (χ4v) is 4.61. The molecule has 0 spiro atoms. The Morgan fingerprint density at radius 3 is 2.20 bits per heavy atom. The van der Waals surface area contributed by atoms with Crippen LogP contribution in [0.1, 0.15) is 52.2 Å². The summed E-state index contributed by atoms with van der Waals surface area (Å²) in [6, 6.07) is 18.5. The molecule has 7 heteroatoms. The van der Waals surface area contributed by atoms with Crippen LogP contribution in [0, 0.1) is 12.7 Å². The number of likely N-dealkylation sites (tertiary alicyclic amines) is 1. The normalized spacial score (nSPS) is 14.1. The zero-order chi connectivity index (χ0) is 24.4. The third-order valence-corrected chi connectivity index (χ3v) is 6.45. The molecule has 5 rings (SSSR count). The molecular formula is C28H27FN4O2. The molecule has 3 aromatic carbocycles. The highest BCUT2D eigenvalue weighted by atomic mass is 19.1. The molecule has 1 aliphatic heterocycles. The molecular weight excluding hydrogens is 443 g/mol. The van der Waals surface area contributed by atoms with E-state index in [-0.39, 0.29) is 17.6 Å². The number of aryl methyl sites for hydroxylation is 1. The molecule has 1 aliphatic rings. The first-order valence-corrected chi connectivity index (χ1v) is 12.0. The van der Waals surface area contributed by atoms with Gasteiger partial charge < -0.3 is 10.2 Å². The number of benzene rings is 3. The van der Waals surface area contributed by atoms with Crippen LogP contribution in [0.5, 0.6) is 0 Å². The molecule has 0 saturated carbocycles. The second-order valence-electron chi connectivity index (χ2n) is 8.91. The smallest absolute Gasteiger partial charge is 0.255 e. The van der Waals surface area contributed by atoms with E-state index in [1.165, 1.54) is 25.0 Å². The Hall–Kier alpha value is -4.00. The van der Waals surface area contributed by atoms with Crippen LogP contribution in [0.2, 0.25) is 0 Å². The van der Waals surface area contributed by atoms with E-state index < -0.39 is 0 Å². The lowest BCUT2D eigenvalue weighted by atomic mass is 10.1. The van der Waals surface area contributed by atoms with Crippen molar-refractivity contribution in [3.63, 3.8) is 0 Å². The molecule has 1 aromatic heterocycles. The van der Waals surface area contributed by atoms with Gasteiger partial charge in [0.1, 0.15) is 11.6 Å². The minimum atomic E-state index is -0.310. The first-order chi connectivity index (χ1) is 17.0. The monoisotopic (exact) mass is 470 g/mol. The van der Waals surface area contributed by atoms with E-state index in [0.29, 0.717) is 16.8 Å². The average molecular weight is 471 g/mol. The summed E-state index contributed by atoms with van der Waals surface area (Å²) in [4.78, 5) is 32.3. The maximum Gasteiger partial charge on any atom is 0.255 e. The van der Waals surface area contributed by atoms with Crippen LogP contribution in [0.25, 0.3) is 16.7 Å². The van der Waals surface area contributed by atoms with E-state index in [1.807, 2.05) is 16.4 Å². The maximum atomic E-state index is 13.4. The Morgan fingerprint density at radius 2 is 1.51 bits per heavy atom. The zero-order valence-corrected chi connectivity index (χ0v) is 19.6. The van der Waals surface area contributed by atoms with Gasteiger partial charge in [-0.05, 0) is 86.5 Å². The van der Waals surface area contributed by atoms with Gasteiger partial charge in [0.15, 0.2) is 0 Å². The highest BCUT2D eigenvalue weighted by molar-refractivity contribution is 6.06. The van der Waals surface area contributed by atoms with E-state index in [0.717, 1.165) is 48.5 Å². The SMILES string of the molecule is Cc1nc2ccc(C(=O)Nc3ccc(C(=O)N4CCCCCC4)cc3)cc2n1-c1ccc(F)cc1. The molecule has 1 saturated heterocycles. The van der Waals surface area contributed by atoms with E-state index in [2.05, 4.69) is 10.3 Å². The molecule has 0 unspecified atom stereocenters. The molecule has 35 heavy (non-hydrogen) atoms. The van der Waals surface area contributed by atoms with Crippen LogP contribution in [0.3, 0.4) is 0 Å². The van der Waals surface area contributed by atoms with Crippen molar-refractivity contribution < 1.29 is 14.0 Å². The quantitative estimate of drug-likeness (QED) is 0.414. The predicted octanol–water partition coefficient (Wildman–Crippen LogP) is 5.74. The molecule has 1 fully saturated rings. The lowest BCUT2D eigenvalue weighted by Crippen LogP contribution is -2.31. The van der Waals surface area contributed by atoms with Gasteiger partial charge in [0.05, 0.1) is 11.0 Å². The maximum absolute atomic E-state index is 13.4. The second-order valence-corrected chi connectivity index (χ2v) is 8.91. The number of hydrogen-bond donors (Lipinski definition) is 1. The highest BCUT2D eigenvalue weighted by Crippen LogP contribution is 2.24. The molecule has 4 aromatic rings. The minimum Gasteiger partial charge on any atom is -0.339 e. The summed E-state index contributed by atoms with van der Waals surface area (Å²) < 4.78 is 15.3. The van der Waals surface area contributed by atoms with E-state index in [4.69, 9.17) is 0 Å². The van der Waals surface area contributed by atoms with E-state index in [1.54, 1.807) is 54.6 Å². The molecule has 0 aliphatic carbocycles. The molecule has 0 radical (unpaired) electrons. The molecule has 0 atom stereocenters. The van der Waals surface area contributed by atoms with Gasteiger partial charge in [-0.2, -0.15) is 0 Å². The van der Waals surface area contributed by atoms with Gasteiger partial charge in [-0.3, -0.25) is 14.2 Å². The number of carbonyl (C=O) groups excluding carboxylic acids is 2. The number of anilines is 1. The van der Waals surface area contributed by atoms with Crippen molar-refractivity contribution in [2.45, 2.75) is 32.6 Å². The number of fused-ring (bicyclic) bond motifs is 1. The van der Waals surface area contributed by atoms with Gasteiger partial charge >= 0.3 is 0 Å². The molecule has 2 heterocycles. The number of hydrogen-bond acceptors (Lipinski definition) is 3. The number of aromatic nitrogens is 2. The summed E-state index contributed by atoms with van der Waals surface area (Å²) in [7, 11) is 0. The zero-order valence-electron chi connectivity index (χ0n) is 19.6. The van der Waals surface area contributed by atoms with Crippen molar-refractivity contribution in [1.29, 1.82) is 0 Å². The first kappa shape index (κ1) is 22.8. The number of rotatable bonds is 4. The number of imidazole rings is 1. The number of amides is 2. The number of nitrogens with one attached hydrogen (secondary N) is 1. The van der Waals surface area contributed by atoms with Gasteiger partial charge in [-0.15, -0.1) is 0 Å². The topological polar surface area (TPSA) is 67.2 Å². The van der Waals surface area contributed by atoms with Crippen LogP contribution >= 0.6 is 0 Å². The highest BCUT2D eigenvalue weighted by Gasteiger charge is 2.18. The van der Waals surface area contributed by atoms with Crippen LogP contribution in [0.15, 0.2) is 66.7 Å². The summed E-state index contributed by atoms with van der Waals surface area (Å²) in [5.74, 6) is 0.214. The third-order valence-electron chi connectivity index (χ3n) is 6.45. The van der Waals surface area contributed by atoms with Crippen LogP contribution in [-0.2, 0) is 0 Å². The van der Waals surface area contributed by atoms with Gasteiger partial charge in [0.2, 0.25) is 0 Å². The fourth-order valence-electron chi connectivity index (χ4n) is 4.61. The fraction of sp³-hybridized carbons (Fsp3) is 0.250. The van der Waals surface area contributed by atoms with Gasteiger partial charge in [-0.1, -0.05) is 12.8 Å². The molecule has 1 N–H and O–H groups in total. The number of carbonyl (C=O) groups is 2. The first-order valence-electron chi connectivity index (χ1n) is 12.0. The van der Waals surface area contributed by atoms with Gasteiger partial charge in [0.25, 0.3) is 11.8 Å². The standard InChI is InChI=1S/C28H27FN4O2/c1-19-30-25-15-8-21(18-26(25)33(19)24-13-9-22(29)10-14-24)27(34)31-23-11-6-20(7-12-23)28(35)32-16-4-2-3-5-17-32/h6-15,18H,2-5,16-17H2,1H3,(H,31,34). The van der Waals surface area contributed by atoms with Crippen molar-refractivity contribution in [1.82, 2.24) is 14.5 Å². The van der Waals surface area contributed by atoms with Crippen LogP contribution in [0.4, 0.5) is 10.1 Å². The second kappa shape index (κ2) is 9.70. The van der Waals surface area contributed by atoms with Crippen molar-refractivity contribution in [3.05, 3.63) is 89.5 Å². The van der Waals surface area contributed by atoms with Crippen molar-refractivity contribution in [3.8, 4) is 5.69 Å². The summed E-state index contributed by atoms with van der Waals surface area (Å²) in [5.41, 5.74) is 4.01. The lowest BCUT2D eigenvalue weighted by Gasteiger charge is -2.20. The Labute approximate surface area is 203 Å². The molecule has 6 nitrogen and oxygen atoms in total. The average Bonchev–Trinajstić information content (AvgIpc) is 3.01. The number of halogens is 1. The minimum absolute atomic E-state index is 0.0413. The lowest BCUT2D eigenvalue weighted by molar-refractivity contribution is 0.0761. The van der Waals surface area contributed by atoms with Crippen molar-refractivity contribution in [2.75, 3.05) is 18.4 Å². The van der Waals surface area contributed by atoms with E-state index in [9.17, 15) is 14.0 Å². The van der Waals surface area contributed by atoms with E-state index >= 15 is 0 Å². The van der Waals surface area contributed by atoms with Crippen molar-refractivity contribution in [2.24, 2.45) is 0 Å². The number of nitrogens with zero attached hydrogens (tertiary/aromatic N) is 3. The summed E-state index contributed by atoms with van der Waals surface area (Å²) in [6.45, 7) is 3.47. The Balaban J connectivity index is 1.34. The van der Waals surface area contributed by atoms with Crippen LogP contribution < -0.4 is 5.32 Å². The Morgan fingerprint density at radius 1 is 0.857 bits per heavy atom. The van der Waals surface area contributed by atoms with Crippen molar-refractivity contribution >= 4 is 28.5 Å². The molecule has 2 amide bonds. The van der Waals surface area contributed by atoms with Crippen LogP contribution in [-0.4, -0.2) is 39.4 Å². The van der Waals surface area contributed by atoms with Gasteiger partial charge in [0, 0.05) is 35.6 Å². The summed E-state index contributed by atoms with van der Waals surface area (Å²) >= 11 is 0. The van der Waals surface area contributed by atoms with Gasteiger partial charge in [-0.25, -0.2) is 9.37 Å². The Kier molecular flexibility index (Phi) is 6.31. The molecule has 0 bridgehead atoms. The largest absolute Gasteiger partial charge is 0.339 e. The molecule has 178 valence electrons. The summed E-state index contributed by atoms with van der Waals surface area (Å²) in [6.07, 6.45) is 4.43. The summed E-state index contributed by atoms with van der Waals surface area (Å²) in [5, 5.41) is 2.91. The predicted molar refractivity (Wildman–Crippen MR) is 135 cm³/mol. The third kappa shape index (κ3) is 4.80. The Bertz CT molecular complexity index is 1370.